The summed E-state index contributed by atoms with van der Waals surface area (Å²) in [4.78, 5) is 25.8. The first-order chi connectivity index (χ1) is 9.51. The van der Waals surface area contributed by atoms with Gasteiger partial charge in [-0.3, -0.25) is 4.79 Å². The summed E-state index contributed by atoms with van der Waals surface area (Å²) in [5.41, 5.74) is 0. The number of carbonyl (C=O) groups is 2. The number of methoxy groups -OCH3 is 1. The maximum absolute atomic E-state index is 12.6. The van der Waals surface area contributed by atoms with Gasteiger partial charge in [0.2, 0.25) is 5.91 Å². The molecule has 2 rings (SSSR count). The SMILES string of the molecule is COC(=O)C1CN(C(=O)C2CC(C)OC(C)C2)CCO1. The lowest BCUT2D eigenvalue weighted by atomic mass is 9.91. The molecule has 2 fully saturated rings. The molecule has 3 atom stereocenters. The molecule has 0 spiro atoms. The summed E-state index contributed by atoms with van der Waals surface area (Å²) in [6, 6.07) is 0. The third-order valence-corrected chi connectivity index (χ3v) is 3.89. The lowest BCUT2D eigenvalue weighted by Crippen LogP contribution is -2.51. The first kappa shape index (κ1) is 15.3. The van der Waals surface area contributed by atoms with Crippen LogP contribution in [0.25, 0.3) is 0 Å². The van der Waals surface area contributed by atoms with Crippen molar-refractivity contribution in [2.45, 2.75) is 45.0 Å². The van der Waals surface area contributed by atoms with Gasteiger partial charge in [0.1, 0.15) is 0 Å². The standard InChI is InChI=1S/C14H23NO5/c1-9-6-11(7-10(2)20-9)13(16)15-4-5-19-12(8-15)14(17)18-3/h9-12H,4-8H2,1-3H3. The van der Waals surface area contributed by atoms with Crippen LogP contribution < -0.4 is 0 Å². The molecule has 2 saturated heterocycles. The van der Waals surface area contributed by atoms with Crippen LogP contribution in [0.3, 0.4) is 0 Å². The highest BCUT2D eigenvalue weighted by molar-refractivity contribution is 5.81. The fourth-order valence-corrected chi connectivity index (χ4v) is 2.99. The van der Waals surface area contributed by atoms with Gasteiger partial charge >= 0.3 is 5.97 Å². The summed E-state index contributed by atoms with van der Waals surface area (Å²) >= 11 is 0. The minimum absolute atomic E-state index is 0.0230. The van der Waals surface area contributed by atoms with E-state index in [0.29, 0.717) is 13.2 Å². The largest absolute Gasteiger partial charge is 0.467 e. The van der Waals surface area contributed by atoms with Crippen LogP contribution in [-0.4, -0.2) is 61.9 Å². The van der Waals surface area contributed by atoms with Crippen molar-refractivity contribution in [1.29, 1.82) is 0 Å². The summed E-state index contributed by atoms with van der Waals surface area (Å²) in [6.07, 6.45) is 1.02. The number of esters is 1. The predicted molar refractivity (Wildman–Crippen MR) is 71.1 cm³/mol. The predicted octanol–water partition coefficient (Wildman–Crippen LogP) is 0.590. The molecule has 20 heavy (non-hydrogen) atoms. The van der Waals surface area contributed by atoms with E-state index in [1.54, 1.807) is 4.90 Å². The second-order valence-corrected chi connectivity index (χ2v) is 5.59. The summed E-state index contributed by atoms with van der Waals surface area (Å²) in [7, 11) is 1.33. The van der Waals surface area contributed by atoms with Crippen LogP contribution in [-0.2, 0) is 23.8 Å². The Kier molecular flexibility index (Phi) is 4.99. The molecule has 0 bridgehead atoms. The second kappa shape index (κ2) is 6.54. The molecule has 0 N–H and O–H groups in total. The van der Waals surface area contributed by atoms with Gasteiger partial charge in [-0.15, -0.1) is 0 Å². The van der Waals surface area contributed by atoms with Gasteiger partial charge < -0.3 is 19.1 Å². The molecular weight excluding hydrogens is 262 g/mol. The maximum atomic E-state index is 12.6. The minimum atomic E-state index is -0.660. The number of carbonyl (C=O) groups excluding carboxylic acids is 2. The number of nitrogens with zero attached hydrogens (tertiary/aromatic N) is 1. The molecule has 2 heterocycles. The molecule has 6 heteroatoms. The molecule has 2 aliphatic rings. The molecule has 0 saturated carbocycles. The van der Waals surface area contributed by atoms with Crippen LogP contribution >= 0.6 is 0 Å². The van der Waals surface area contributed by atoms with Gasteiger partial charge in [-0.2, -0.15) is 0 Å². The zero-order valence-electron chi connectivity index (χ0n) is 12.3. The number of ether oxygens (including phenoxy) is 3. The molecule has 1 amide bonds. The zero-order chi connectivity index (χ0) is 14.7. The van der Waals surface area contributed by atoms with Crippen LogP contribution in [0, 0.1) is 5.92 Å². The number of morpholine rings is 1. The molecule has 2 aliphatic heterocycles. The van der Waals surface area contributed by atoms with E-state index in [9.17, 15) is 9.59 Å². The third kappa shape index (κ3) is 3.49. The average Bonchev–Trinajstić information content (AvgIpc) is 2.44. The monoisotopic (exact) mass is 285 g/mol. The molecule has 0 radical (unpaired) electrons. The molecule has 0 aromatic carbocycles. The maximum Gasteiger partial charge on any atom is 0.336 e. The summed E-state index contributed by atoms with van der Waals surface area (Å²) in [5.74, 6) is -0.342. The molecule has 114 valence electrons. The van der Waals surface area contributed by atoms with Crippen molar-refractivity contribution in [3.63, 3.8) is 0 Å². The van der Waals surface area contributed by atoms with Crippen LogP contribution in [0.1, 0.15) is 26.7 Å². The number of hydrogen-bond acceptors (Lipinski definition) is 5. The van der Waals surface area contributed by atoms with Gasteiger partial charge in [0.25, 0.3) is 0 Å². The average molecular weight is 285 g/mol. The molecule has 3 unspecified atom stereocenters. The van der Waals surface area contributed by atoms with Crippen molar-refractivity contribution in [3.8, 4) is 0 Å². The Morgan fingerprint density at radius 3 is 2.45 bits per heavy atom. The second-order valence-electron chi connectivity index (χ2n) is 5.59. The molecule has 0 aromatic heterocycles. The quantitative estimate of drug-likeness (QED) is 0.695. The van der Waals surface area contributed by atoms with Gasteiger partial charge in [0, 0.05) is 12.5 Å². The Bertz CT molecular complexity index is 363. The van der Waals surface area contributed by atoms with Crippen LogP contribution in [0.4, 0.5) is 0 Å². The van der Waals surface area contributed by atoms with Gasteiger partial charge in [0.05, 0.1) is 32.5 Å². The highest BCUT2D eigenvalue weighted by Gasteiger charge is 2.36. The van der Waals surface area contributed by atoms with E-state index >= 15 is 0 Å². The van der Waals surface area contributed by atoms with Crippen molar-refractivity contribution in [2.24, 2.45) is 5.92 Å². The van der Waals surface area contributed by atoms with Crippen LogP contribution in [0.15, 0.2) is 0 Å². The van der Waals surface area contributed by atoms with Crippen molar-refractivity contribution in [3.05, 3.63) is 0 Å². The van der Waals surface area contributed by atoms with Crippen molar-refractivity contribution in [1.82, 2.24) is 4.90 Å². The lowest BCUT2D eigenvalue weighted by molar-refractivity contribution is -0.165. The molecule has 0 aromatic rings. The van der Waals surface area contributed by atoms with Crippen LogP contribution in [0.5, 0.6) is 0 Å². The van der Waals surface area contributed by atoms with E-state index in [2.05, 4.69) is 4.74 Å². The van der Waals surface area contributed by atoms with Crippen molar-refractivity contribution in [2.75, 3.05) is 26.8 Å². The Balaban J connectivity index is 1.96. The Labute approximate surface area is 119 Å². The highest BCUT2D eigenvalue weighted by Crippen LogP contribution is 2.27. The lowest BCUT2D eigenvalue weighted by Gasteiger charge is -2.37. The van der Waals surface area contributed by atoms with E-state index in [1.165, 1.54) is 7.11 Å². The highest BCUT2D eigenvalue weighted by atomic mass is 16.6. The van der Waals surface area contributed by atoms with Crippen molar-refractivity contribution >= 4 is 11.9 Å². The van der Waals surface area contributed by atoms with E-state index in [1.807, 2.05) is 13.8 Å². The summed E-state index contributed by atoms with van der Waals surface area (Å²) in [5, 5.41) is 0. The first-order valence-corrected chi connectivity index (χ1v) is 7.15. The van der Waals surface area contributed by atoms with Gasteiger partial charge in [-0.05, 0) is 26.7 Å². The number of amides is 1. The van der Waals surface area contributed by atoms with E-state index < -0.39 is 12.1 Å². The Morgan fingerprint density at radius 2 is 1.85 bits per heavy atom. The van der Waals surface area contributed by atoms with E-state index in [0.717, 1.165) is 12.8 Å². The summed E-state index contributed by atoms with van der Waals surface area (Å²) in [6.45, 7) is 5.18. The van der Waals surface area contributed by atoms with E-state index in [4.69, 9.17) is 9.47 Å². The first-order valence-electron chi connectivity index (χ1n) is 7.15. The minimum Gasteiger partial charge on any atom is -0.467 e. The van der Waals surface area contributed by atoms with Crippen LogP contribution in [0.2, 0.25) is 0 Å². The Hall–Kier alpha value is -1.14. The molecular formula is C14H23NO5. The van der Waals surface area contributed by atoms with Crippen molar-refractivity contribution < 1.29 is 23.8 Å². The topological polar surface area (TPSA) is 65.1 Å². The summed E-state index contributed by atoms with van der Waals surface area (Å²) < 4.78 is 15.7. The normalized spacial score (nSPS) is 34.6. The van der Waals surface area contributed by atoms with Gasteiger partial charge in [0.15, 0.2) is 6.10 Å². The zero-order valence-corrected chi connectivity index (χ0v) is 12.3. The fraction of sp³-hybridized carbons (Fsp3) is 0.857. The smallest absolute Gasteiger partial charge is 0.336 e. The van der Waals surface area contributed by atoms with Gasteiger partial charge in [-0.25, -0.2) is 4.79 Å². The van der Waals surface area contributed by atoms with E-state index in [-0.39, 0.29) is 30.6 Å². The molecule has 6 nitrogen and oxygen atoms in total. The Morgan fingerprint density at radius 1 is 1.20 bits per heavy atom. The van der Waals surface area contributed by atoms with Gasteiger partial charge in [-0.1, -0.05) is 0 Å². The molecule has 0 aliphatic carbocycles. The third-order valence-electron chi connectivity index (χ3n) is 3.89. The number of rotatable bonds is 2. The fourth-order valence-electron chi connectivity index (χ4n) is 2.99. The number of hydrogen-bond donors (Lipinski definition) is 0.